The molecule has 0 aliphatic heterocycles. The number of aliphatic hydroxyl groups excluding tert-OH is 1. The lowest BCUT2D eigenvalue weighted by atomic mass is 10.1. The monoisotopic (exact) mass is 312 g/mol. The molecule has 1 atom stereocenters. The summed E-state index contributed by atoms with van der Waals surface area (Å²) in [5.74, 6) is -0.0736. The third-order valence-electron chi connectivity index (χ3n) is 3.56. The third-order valence-corrected chi connectivity index (χ3v) is 3.56. The second kappa shape index (κ2) is 9.08. The van der Waals surface area contributed by atoms with Crippen LogP contribution in [0.25, 0.3) is 0 Å². The summed E-state index contributed by atoms with van der Waals surface area (Å²) in [6.07, 6.45) is -0.0261. The van der Waals surface area contributed by atoms with E-state index in [-0.39, 0.29) is 12.5 Å². The smallest absolute Gasteiger partial charge is 0.234 e. The molecule has 0 aliphatic rings. The van der Waals surface area contributed by atoms with Crippen LogP contribution in [-0.4, -0.2) is 42.2 Å². The van der Waals surface area contributed by atoms with Crippen molar-refractivity contribution in [3.8, 4) is 0 Å². The number of hydrogen-bond donors (Lipinski definition) is 2. The van der Waals surface area contributed by atoms with Crippen molar-refractivity contribution >= 4 is 5.91 Å². The van der Waals surface area contributed by atoms with Gasteiger partial charge in [-0.3, -0.25) is 9.69 Å². The molecule has 1 unspecified atom stereocenters. The summed E-state index contributed by atoms with van der Waals surface area (Å²) in [6, 6.07) is 19.8. The van der Waals surface area contributed by atoms with E-state index in [1.54, 1.807) is 0 Å². The fourth-order valence-electron chi connectivity index (χ4n) is 2.44. The Hall–Kier alpha value is -2.17. The largest absolute Gasteiger partial charge is 0.391 e. The first-order valence-electron chi connectivity index (χ1n) is 7.84. The average Bonchev–Trinajstić information content (AvgIpc) is 2.55. The predicted molar refractivity (Wildman–Crippen MR) is 91.9 cm³/mol. The number of nitrogens with one attached hydrogen (secondary N) is 1. The van der Waals surface area contributed by atoms with Gasteiger partial charge in [0.1, 0.15) is 0 Å². The van der Waals surface area contributed by atoms with Crippen molar-refractivity contribution in [2.75, 3.05) is 20.1 Å². The molecule has 0 radical (unpaired) electrons. The van der Waals surface area contributed by atoms with Crippen LogP contribution in [0.1, 0.15) is 11.1 Å². The summed E-state index contributed by atoms with van der Waals surface area (Å²) in [4.78, 5) is 13.9. The Labute approximate surface area is 137 Å². The van der Waals surface area contributed by atoms with E-state index >= 15 is 0 Å². The Morgan fingerprint density at radius 2 is 1.61 bits per heavy atom. The van der Waals surface area contributed by atoms with Gasteiger partial charge in [-0.25, -0.2) is 0 Å². The van der Waals surface area contributed by atoms with Crippen LogP contribution in [0.3, 0.4) is 0 Å². The van der Waals surface area contributed by atoms with E-state index in [0.717, 1.165) is 12.1 Å². The van der Waals surface area contributed by atoms with Gasteiger partial charge in [-0.15, -0.1) is 0 Å². The lowest BCUT2D eigenvalue weighted by Gasteiger charge is -2.17. The van der Waals surface area contributed by atoms with Crippen LogP contribution < -0.4 is 5.32 Å². The number of hydrogen-bond acceptors (Lipinski definition) is 3. The first-order chi connectivity index (χ1) is 11.1. The molecule has 0 spiro atoms. The normalized spacial score (nSPS) is 12.1. The minimum absolute atomic E-state index is 0.0736. The van der Waals surface area contributed by atoms with Crippen LogP contribution >= 0.6 is 0 Å². The van der Waals surface area contributed by atoms with Gasteiger partial charge in [0.25, 0.3) is 0 Å². The van der Waals surface area contributed by atoms with Crippen LogP contribution in [0.2, 0.25) is 0 Å². The van der Waals surface area contributed by atoms with Gasteiger partial charge in [0.05, 0.1) is 12.6 Å². The summed E-state index contributed by atoms with van der Waals surface area (Å²) >= 11 is 0. The first kappa shape index (κ1) is 17.2. The maximum Gasteiger partial charge on any atom is 0.234 e. The molecule has 1 amide bonds. The minimum Gasteiger partial charge on any atom is -0.391 e. The summed E-state index contributed by atoms with van der Waals surface area (Å²) < 4.78 is 0. The number of carbonyl (C=O) groups is 1. The van der Waals surface area contributed by atoms with Gasteiger partial charge in [-0.05, 0) is 18.2 Å². The molecule has 0 aromatic heterocycles. The van der Waals surface area contributed by atoms with Gasteiger partial charge in [-0.1, -0.05) is 60.7 Å². The van der Waals surface area contributed by atoms with Crippen molar-refractivity contribution in [3.63, 3.8) is 0 Å². The molecular weight excluding hydrogens is 288 g/mol. The lowest BCUT2D eigenvalue weighted by Crippen LogP contribution is -2.39. The molecule has 0 fully saturated rings. The molecule has 0 aliphatic carbocycles. The Morgan fingerprint density at radius 1 is 1.04 bits per heavy atom. The topological polar surface area (TPSA) is 52.6 Å². The molecule has 4 heteroatoms. The van der Waals surface area contributed by atoms with E-state index in [0.29, 0.717) is 13.0 Å². The molecule has 0 heterocycles. The maximum atomic E-state index is 11.9. The summed E-state index contributed by atoms with van der Waals surface area (Å²) in [6.45, 7) is 1.31. The zero-order chi connectivity index (χ0) is 16.5. The predicted octanol–water partition coefficient (Wildman–Crippen LogP) is 1.84. The Kier molecular flexibility index (Phi) is 6.78. The van der Waals surface area contributed by atoms with Crippen molar-refractivity contribution in [3.05, 3.63) is 71.8 Å². The van der Waals surface area contributed by atoms with Gasteiger partial charge < -0.3 is 10.4 Å². The van der Waals surface area contributed by atoms with Crippen LogP contribution in [0.4, 0.5) is 0 Å². The van der Waals surface area contributed by atoms with E-state index in [9.17, 15) is 9.90 Å². The fourth-order valence-corrected chi connectivity index (χ4v) is 2.44. The van der Waals surface area contributed by atoms with Gasteiger partial charge in [0, 0.05) is 19.5 Å². The molecule has 23 heavy (non-hydrogen) atoms. The Morgan fingerprint density at radius 3 is 2.22 bits per heavy atom. The third kappa shape index (κ3) is 6.63. The first-order valence-corrected chi connectivity index (χ1v) is 7.84. The van der Waals surface area contributed by atoms with Crippen molar-refractivity contribution < 1.29 is 9.90 Å². The number of benzene rings is 2. The number of aliphatic hydroxyl groups is 1. The fraction of sp³-hybridized carbons (Fsp3) is 0.316. The molecule has 0 bridgehead atoms. The van der Waals surface area contributed by atoms with E-state index < -0.39 is 6.10 Å². The molecule has 2 aromatic rings. The highest BCUT2D eigenvalue weighted by Gasteiger charge is 2.10. The molecule has 122 valence electrons. The Balaban J connectivity index is 1.68. The van der Waals surface area contributed by atoms with Gasteiger partial charge in [-0.2, -0.15) is 0 Å². The van der Waals surface area contributed by atoms with Crippen LogP contribution in [0, 0.1) is 0 Å². The second-order valence-corrected chi connectivity index (χ2v) is 5.81. The SMILES string of the molecule is CN(CC(=O)NCC(O)Cc1ccccc1)Cc1ccccc1. The lowest BCUT2D eigenvalue weighted by molar-refractivity contribution is -0.122. The van der Waals surface area contributed by atoms with Crippen LogP contribution in [0.5, 0.6) is 0 Å². The van der Waals surface area contributed by atoms with Gasteiger partial charge in [0.15, 0.2) is 0 Å². The highest BCUT2D eigenvalue weighted by atomic mass is 16.3. The highest BCUT2D eigenvalue weighted by Crippen LogP contribution is 2.03. The average molecular weight is 312 g/mol. The molecule has 2 rings (SSSR count). The van der Waals surface area contributed by atoms with E-state index in [1.807, 2.05) is 72.6 Å². The van der Waals surface area contributed by atoms with Crippen molar-refractivity contribution in [2.24, 2.45) is 0 Å². The van der Waals surface area contributed by atoms with Crippen LogP contribution in [-0.2, 0) is 17.8 Å². The number of nitrogens with zero attached hydrogens (tertiary/aromatic N) is 1. The van der Waals surface area contributed by atoms with E-state index in [1.165, 1.54) is 5.56 Å². The molecule has 4 nitrogen and oxygen atoms in total. The van der Waals surface area contributed by atoms with Crippen molar-refractivity contribution in [1.82, 2.24) is 10.2 Å². The summed E-state index contributed by atoms with van der Waals surface area (Å²) in [5.41, 5.74) is 2.24. The molecular formula is C19H24N2O2. The minimum atomic E-state index is -0.569. The molecule has 0 saturated heterocycles. The number of carbonyl (C=O) groups excluding carboxylic acids is 1. The maximum absolute atomic E-state index is 11.9. The zero-order valence-electron chi connectivity index (χ0n) is 13.5. The Bertz CT molecular complexity index is 587. The van der Waals surface area contributed by atoms with Crippen molar-refractivity contribution in [1.29, 1.82) is 0 Å². The van der Waals surface area contributed by atoms with E-state index in [2.05, 4.69) is 5.32 Å². The van der Waals surface area contributed by atoms with Gasteiger partial charge >= 0.3 is 0 Å². The molecule has 2 aromatic carbocycles. The zero-order valence-corrected chi connectivity index (χ0v) is 13.5. The summed E-state index contributed by atoms with van der Waals surface area (Å²) in [7, 11) is 1.91. The highest BCUT2D eigenvalue weighted by molar-refractivity contribution is 5.78. The van der Waals surface area contributed by atoms with Crippen molar-refractivity contribution in [2.45, 2.75) is 19.1 Å². The van der Waals surface area contributed by atoms with Crippen LogP contribution in [0.15, 0.2) is 60.7 Å². The standard InChI is InChI=1S/C19H24N2O2/c1-21(14-17-10-6-3-7-11-17)15-19(23)20-13-18(22)12-16-8-4-2-5-9-16/h2-11,18,22H,12-15H2,1H3,(H,20,23). The van der Waals surface area contributed by atoms with Gasteiger partial charge in [0.2, 0.25) is 5.91 Å². The number of amides is 1. The van der Waals surface area contributed by atoms with E-state index in [4.69, 9.17) is 0 Å². The number of likely N-dealkylation sites (N-methyl/N-ethyl adjacent to an activating group) is 1. The second-order valence-electron chi connectivity index (χ2n) is 5.81. The quantitative estimate of drug-likeness (QED) is 0.782. The molecule has 2 N–H and O–H groups in total. The molecule has 0 saturated carbocycles. The summed E-state index contributed by atoms with van der Waals surface area (Å²) in [5, 5.41) is 12.8. The number of rotatable bonds is 8.